The molecule has 3 rings (SSSR count). The fourth-order valence-corrected chi connectivity index (χ4v) is 3.27. The largest absolute Gasteiger partial charge is 0.469 e. The Morgan fingerprint density at radius 3 is 2.79 bits per heavy atom. The molecule has 1 aliphatic carbocycles. The van der Waals surface area contributed by atoms with Crippen LogP contribution >= 0.6 is 0 Å². The van der Waals surface area contributed by atoms with E-state index in [0.29, 0.717) is 24.3 Å². The second-order valence-electron chi connectivity index (χ2n) is 6.30. The summed E-state index contributed by atoms with van der Waals surface area (Å²) in [5.41, 5.74) is -0.00251. The van der Waals surface area contributed by atoms with Gasteiger partial charge < -0.3 is 4.42 Å². The summed E-state index contributed by atoms with van der Waals surface area (Å²) in [6, 6.07) is 3.53. The Labute approximate surface area is 137 Å². The molecule has 0 saturated carbocycles. The molecule has 1 atom stereocenters. The van der Waals surface area contributed by atoms with E-state index in [1.807, 2.05) is 6.92 Å². The van der Waals surface area contributed by atoms with Gasteiger partial charge in [0.05, 0.1) is 12.8 Å². The van der Waals surface area contributed by atoms with Crippen molar-refractivity contribution >= 4 is 5.78 Å². The third-order valence-electron chi connectivity index (χ3n) is 4.41. The molecule has 0 radical (unpaired) electrons. The van der Waals surface area contributed by atoms with Crippen LogP contribution in [-0.2, 0) is 30.4 Å². The van der Waals surface area contributed by atoms with Gasteiger partial charge in [-0.15, -0.1) is 0 Å². The number of carbonyl (C=O) groups excluding carboxylic acids is 1. The summed E-state index contributed by atoms with van der Waals surface area (Å²) in [6.07, 6.45) is -0.255. The van der Waals surface area contributed by atoms with E-state index in [1.165, 1.54) is 10.9 Å². The van der Waals surface area contributed by atoms with Gasteiger partial charge in [0.15, 0.2) is 11.5 Å². The van der Waals surface area contributed by atoms with Gasteiger partial charge in [-0.2, -0.15) is 18.3 Å². The first-order chi connectivity index (χ1) is 11.4. The Hall–Kier alpha value is -2.05. The number of fused-ring (bicyclic) bond motifs is 1. The minimum atomic E-state index is -4.48. The van der Waals surface area contributed by atoms with E-state index < -0.39 is 11.9 Å². The Bertz CT molecular complexity index is 717. The van der Waals surface area contributed by atoms with Gasteiger partial charge in [0.25, 0.3) is 0 Å². The number of aromatic nitrogens is 2. The quantitative estimate of drug-likeness (QED) is 0.822. The van der Waals surface area contributed by atoms with Crippen LogP contribution in [0.5, 0.6) is 0 Å². The summed E-state index contributed by atoms with van der Waals surface area (Å²) in [5.74, 6) is 0.436. The molecule has 24 heavy (non-hydrogen) atoms. The highest BCUT2D eigenvalue weighted by molar-refractivity contribution is 5.79. The van der Waals surface area contributed by atoms with Gasteiger partial charge in [-0.3, -0.25) is 9.48 Å². The van der Waals surface area contributed by atoms with E-state index in [4.69, 9.17) is 4.42 Å². The number of Topliss-reactive ketones (excluding diaryl/α,β-unsaturated/α-hetero) is 1. The molecular weight excluding hydrogens is 321 g/mol. The highest BCUT2D eigenvalue weighted by Crippen LogP contribution is 2.35. The van der Waals surface area contributed by atoms with E-state index in [2.05, 4.69) is 5.10 Å². The maximum atomic E-state index is 13.1. The molecular formula is C17H19F3N2O2. The molecule has 0 amide bonds. The maximum absolute atomic E-state index is 13.1. The van der Waals surface area contributed by atoms with Gasteiger partial charge in [-0.1, -0.05) is 6.92 Å². The second kappa shape index (κ2) is 6.45. The lowest BCUT2D eigenvalue weighted by Gasteiger charge is -2.15. The molecule has 4 nitrogen and oxygen atoms in total. The first kappa shape index (κ1) is 16.8. The lowest BCUT2D eigenvalue weighted by Crippen LogP contribution is -2.17. The Balaban J connectivity index is 1.77. The summed E-state index contributed by atoms with van der Waals surface area (Å²) < 4.78 is 46.0. The van der Waals surface area contributed by atoms with Gasteiger partial charge in [0.1, 0.15) is 5.76 Å². The third kappa shape index (κ3) is 3.39. The second-order valence-corrected chi connectivity index (χ2v) is 6.30. The van der Waals surface area contributed by atoms with E-state index >= 15 is 0 Å². The monoisotopic (exact) mass is 340 g/mol. The Kier molecular flexibility index (Phi) is 4.51. The maximum Gasteiger partial charge on any atom is 0.435 e. The fraction of sp³-hybridized carbons (Fsp3) is 0.529. The summed E-state index contributed by atoms with van der Waals surface area (Å²) in [7, 11) is 0. The molecule has 1 aliphatic rings. The van der Waals surface area contributed by atoms with Crippen molar-refractivity contribution in [1.29, 1.82) is 0 Å². The molecule has 130 valence electrons. The zero-order valence-corrected chi connectivity index (χ0v) is 13.4. The number of carbonyl (C=O) groups is 1. The Morgan fingerprint density at radius 2 is 2.12 bits per heavy atom. The molecule has 0 N–H and O–H groups in total. The van der Waals surface area contributed by atoms with Gasteiger partial charge >= 0.3 is 6.18 Å². The summed E-state index contributed by atoms with van der Waals surface area (Å²) in [6.45, 7) is 1.74. The van der Waals surface area contributed by atoms with Crippen LogP contribution in [0.1, 0.15) is 54.8 Å². The lowest BCUT2D eigenvalue weighted by atomic mass is 9.95. The van der Waals surface area contributed by atoms with Crippen molar-refractivity contribution in [3.8, 4) is 0 Å². The number of hydrogen-bond donors (Lipinski definition) is 0. The topological polar surface area (TPSA) is 48.0 Å². The molecule has 2 aromatic heterocycles. The van der Waals surface area contributed by atoms with E-state index in [-0.39, 0.29) is 30.2 Å². The van der Waals surface area contributed by atoms with Crippen LogP contribution in [0.25, 0.3) is 0 Å². The summed E-state index contributed by atoms with van der Waals surface area (Å²) in [5, 5.41) is 3.72. The van der Waals surface area contributed by atoms with Crippen molar-refractivity contribution in [2.24, 2.45) is 0 Å². The summed E-state index contributed by atoms with van der Waals surface area (Å²) in [4.78, 5) is 12.3. The standard InChI is InChI=1S/C17H19F3N2O2/c1-11(15-7-4-8-24-15)9-12(23)10-22-14-6-3-2-5-13(14)16(21-22)17(18,19)20/h4,7-8,11H,2-3,5-6,9-10H2,1H3. The number of halogens is 3. The zero-order valence-electron chi connectivity index (χ0n) is 13.4. The highest BCUT2D eigenvalue weighted by Gasteiger charge is 2.39. The van der Waals surface area contributed by atoms with E-state index in [9.17, 15) is 18.0 Å². The van der Waals surface area contributed by atoms with E-state index in [0.717, 1.165) is 12.8 Å². The Morgan fingerprint density at radius 1 is 1.38 bits per heavy atom. The summed E-state index contributed by atoms with van der Waals surface area (Å²) >= 11 is 0. The minimum absolute atomic E-state index is 0.110. The van der Waals surface area contributed by atoms with Crippen LogP contribution in [0, 0.1) is 0 Å². The zero-order chi connectivity index (χ0) is 17.3. The van der Waals surface area contributed by atoms with Crippen molar-refractivity contribution in [2.45, 2.75) is 57.7 Å². The number of rotatable bonds is 5. The molecule has 0 aliphatic heterocycles. The number of furan rings is 1. The number of ketones is 1. The molecule has 0 bridgehead atoms. The normalized spacial score (nSPS) is 16.0. The van der Waals surface area contributed by atoms with Gasteiger partial charge in [-0.25, -0.2) is 0 Å². The fourth-order valence-electron chi connectivity index (χ4n) is 3.27. The van der Waals surface area contributed by atoms with Crippen LogP contribution in [-0.4, -0.2) is 15.6 Å². The van der Waals surface area contributed by atoms with Gasteiger partial charge in [0.2, 0.25) is 0 Å². The number of hydrogen-bond acceptors (Lipinski definition) is 3. The van der Waals surface area contributed by atoms with Crippen LogP contribution < -0.4 is 0 Å². The minimum Gasteiger partial charge on any atom is -0.469 e. The molecule has 1 unspecified atom stereocenters. The average Bonchev–Trinajstić information content (AvgIpc) is 3.15. The third-order valence-corrected chi connectivity index (χ3v) is 4.41. The van der Waals surface area contributed by atoms with Crippen molar-refractivity contribution < 1.29 is 22.4 Å². The molecule has 0 aromatic carbocycles. The predicted molar refractivity (Wildman–Crippen MR) is 80.6 cm³/mol. The van der Waals surface area contributed by atoms with Crippen molar-refractivity contribution in [3.63, 3.8) is 0 Å². The predicted octanol–water partition coefficient (Wildman–Crippen LogP) is 4.14. The van der Waals surface area contributed by atoms with Crippen LogP contribution in [0.2, 0.25) is 0 Å². The molecule has 0 spiro atoms. The van der Waals surface area contributed by atoms with Crippen LogP contribution in [0.15, 0.2) is 22.8 Å². The SMILES string of the molecule is CC(CC(=O)Cn1nc(C(F)(F)F)c2c1CCCC2)c1ccco1. The molecule has 0 saturated heterocycles. The van der Waals surface area contributed by atoms with Gasteiger partial charge in [-0.05, 0) is 37.8 Å². The first-order valence-corrected chi connectivity index (χ1v) is 8.07. The molecule has 7 heteroatoms. The average molecular weight is 340 g/mol. The molecule has 2 heterocycles. The number of alkyl halides is 3. The smallest absolute Gasteiger partial charge is 0.435 e. The number of nitrogens with zero attached hydrogens (tertiary/aromatic N) is 2. The van der Waals surface area contributed by atoms with Crippen LogP contribution in [0.4, 0.5) is 13.2 Å². The lowest BCUT2D eigenvalue weighted by molar-refractivity contribution is -0.142. The first-order valence-electron chi connectivity index (χ1n) is 8.07. The van der Waals surface area contributed by atoms with Crippen LogP contribution in [0.3, 0.4) is 0 Å². The van der Waals surface area contributed by atoms with E-state index in [1.54, 1.807) is 12.1 Å². The molecule has 0 fully saturated rings. The van der Waals surface area contributed by atoms with Crippen molar-refractivity contribution in [2.75, 3.05) is 0 Å². The van der Waals surface area contributed by atoms with Crippen molar-refractivity contribution in [3.05, 3.63) is 41.1 Å². The molecule has 2 aromatic rings. The van der Waals surface area contributed by atoms with Gasteiger partial charge in [0, 0.05) is 23.6 Å². The highest BCUT2D eigenvalue weighted by atomic mass is 19.4. The van der Waals surface area contributed by atoms with Crippen molar-refractivity contribution in [1.82, 2.24) is 9.78 Å².